The smallest absolute Gasteiger partial charge is 0.410 e. The second-order valence-corrected chi connectivity index (χ2v) is 18.9. The number of rotatable bonds is 4. The molecule has 2 saturated heterocycles. The Hall–Kier alpha value is -5.40. The van der Waals surface area contributed by atoms with E-state index in [2.05, 4.69) is 14.8 Å². The number of amides is 2. The lowest BCUT2D eigenvalue weighted by atomic mass is 9.92. The Morgan fingerprint density at radius 1 is 0.635 bits per heavy atom. The van der Waals surface area contributed by atoms with Gasteiger partial charge in [-0.05, 0) is 130 Å². The van der Waals surface area contributed by atoms with Gasteiger partial charge in [-0.15, -0.1) is 0 Å². The Morgan fingerprint density at radius 2 is 1.06 bits per heavy atom. The number of ether oxygens (including phenoxy) is 2. The molecule has 0 bridgehead atoms. The number of aromatic nitrogens is 2. The first-order chi connectivity index (χ1) is 29.9. The second kappa shape index (κ2) is 18.8. The number of hydrogen-bond acceptors (Lipinski definition) is 10. The molecule has 2 aliphatic carbocycles. The highest BCUT2D eigenvalue weighted by molar-refractivity contribution is 6.32. The molecule has 0 radical (unpaired) electrons. The molecule has 2 aromatic heterocycles. The van der Waals surface area contributed by atoms with E-state index >= 15 is 0 Å². The van der Waals surface area contributed by atoms with Crippen molar-refractivity contribution in [3.8, 4) is 0 Å². The normalized spacial score (nSPS) is 18.9. The van der Waals surface area contributed by atoms with Crippen molar-refractivity contribution in [2.24, 2.45) is 0 Å². The van der Waals surface area contributed by atoms with Crippen LogP contribution in [-0.4, -0.2) is 117 Å². The number of fused-ring (bicyclic) bond motifs is 4. The molecule has 0 spiro atoms. The van der Waals surface area contributed by atoms with Gasteiger partial charge in [-0.2, -0.15) is 0 Å². The summed E-state index contributed by atoms with van der Waals surface area (Å²) in [7, 11) is 0. The van der Waals surface area contributed by atoms with Crippen molar-refractivity contribution in [1.29, 1.82) is 0 Å². The van der Waals surface area contributed by atoms with Gasteiger partial charge in [-0.1, -0.05) is 47.5 Å². The Morgan fingerprint density at radius 3 is 1.49 bits per heavy atom. The average Bonchev–Trinajstić information content (AvgIpc) is 3.47. The summed E-state index contributed by atoms with van der Waals surface area (Å²) in [5.41, 5.74) is 7.45. The van der Waals surface area contributed by atoms with Gasteiger partial charge < -0.3 is 19.3 Å². The minimum absolute atomic E-state index is 0.0151. The van der Waals surface area contributed by atoms with E-state index in [1.54, 1.807) is 29.1 Å². The van der Waals surface area contributed by atoms with Gasteiger partial charge in [-0.25, -0.2) is 9.59 Å². The molecular weight excluding hydrogens is 839 g/mol. The van der Waals surface area contributed by atoms with Gasteiger partial charge in [0.05, 0.1) is 23.5 Å². The maximum absolute atomic E-state index is 12.5. The molecule has 2 atom stereocenters. The number of aldehydes is 1. The van der Waals surface area contributed by atoms with Gasteiger partial charge in [0.25, 0.3) is 0 Å². The minimum atomic E-state index is -0.522. The number of ketones is 1. The predicted molar refractivity (Wildman–Crippen MR) is 246 cm³/mol. The molecule has 0 unspecified atom stereocenters. The van der Waals surface area contributed by atoms with Crippen molar-refractivity contribution in [3.05, 3.63) is 128 Å². The summed E-state index contributed by atoms with van der Waals surface area (Å²) in [6.07, 6.45) is 7.64. The number of halogens is 2. The summed E-state index contributed by atoms with van der Waals surface area (Å²) < 4.78 is 11.1. The van der Waals surface area contributed by atoms with Crippen molar-refractivity contribution in [2.45, 2.75) is 71.8 Å². The highest BCUT2D eigenvalue weighted by Crippen LogP contribution is 2.42. The number of carbonyl (C=O) groups excluding carboxylic acids is 4. The highest BCUT2D eigenvalue weighted by atomic mass is 35.5. The van der Waals surface area contributed by atoms with Crippen LogP contribution in [0.15, 0.2) is 73.1 Å². The third-order valence-corrected chi connectivity index (χ3v) is 11.7. The number of carbonyl (C=O) groups is 4. The van der Waals surface area contributed by atoms with Gasteiger partial charge in [0.1, 0.15) is 11.2 Å². The molecule has 4 aromatic rings. The van der Waals surface area contributed by atoms with E-state index in [1.165, 1.54) is 0 Å². The lowest BCUT2D eigenvalue weighted by Gasteiger charge is -2.40. The first-order valence-corrected chi connectivity index (χ1v) is 22.0. The number of nitrogens with zero attached hydrogens (tertiary/aromatic N) is 6. The third-order valence-electron chi connectivity index (χ3n) is 11.3. The number of Topliss-reactive ketones (excluding diaryl/α,β-unsaturated/α-hetero) is 1. The number of benzene rings is 2. The van der Waals surface area contributed by atoms with E-state index < -0.39 is 11.2 Å². The van der Waals surface area contributed by atoms with Crippen LogP contribution in [0.1, 0.15) is 105 Å². The predicted octanol–water partition coefficient (Wildman–Crippen LogP) is 9.25. The third kappa shape index (κ3) is 10.5. The molecular formula is C49H54Cl2N6O6. The highest BCUT2D eigenvalue weighted by Gasteiger charge is 2.37. The summed E-state index contributed by atoms with van der Waals surface area (Å²) in [4.78, 5) is 67.0. The molecule has 2 amide bonds. The Kier molecular flexibility index (Phi) is 13.6. The molecule has 14 heteroatoms. The van der Waals surface area contributed by atoms with E-state index in [0.717, 1.165) is 51.1 Å². The molecule has 330 valence electrons. The number of piperazine rings is 2. The number of allylic oxidation sites excluding steroid dienone is 2. The van der Waals surface area contributed by atoms with Crippen LogP contribution in [0.4, 0.5) is 9.59 Å². The summed E-state index contributed by atoms with van der Waals surface area (Å²) >= 11 is 12.6. The maximum Gasteiger partial charge on any atom is 0.410 e. The van der Waals surface area contributed by atoms with Crippen LogP contribution in [0.3, 0.4) is 0 Å². The van der Waals surface area contributed by atoms with E-state index in [0.29, 0.717) is 73.5 Å². The first kappa shape index (κ1) is 45.6. The molecule has 2 fully saturated rings. The molecule has 2 aromatic carbocycles. The lowest BCUT2D eigenvalue weighted by molar-refractivity contribution is -0.111. The standard InChI is InChI=1S/C25H28ClN3O3.C24H26ClN3O3/c1-16(30)20-14-17-6-5-9-27-22(17)23(19-8-7-18(26)15-21(19)20)28-10-12-29(13-11-28)24(31)32-25(2,3)4;1-24(2,3)31-23(30)28-11-9-27(10-12-28)22-19-7-6-18(25)14-20(19)17(15-29)13-16-5-4-8-26-21(16)22/h5-9,14-15,23H,10-13H2,1-4H3;4-8,13-15,22H,9-12H2,1-3H3/t23-;22-/m00/s1. The quantitative estimate of drug-likeness (QED) is 0.183. The van der Waals surface area contributed by atoms with Gasteiger partial charge in [-0.3, -0.25) is 29.4 Å². The molecule has 2 aliphatic heterocycles. The van der Waals surface area contributed by atoms with Crippen molar-refractivity contribution < 1.29 is 28.7 Å². The summed E-state index contributed by atoms with van der Waals surface area (Å²) in [5.74, 6) is -0.0151. The van der Waals surface area contributed by atoms with Crippen LogP contribution in [0, 0.1) is 0 Å². The van der Waals surface area contributed by atoms with Gasteiger partial charge in [0.15, 0.2) is 12.1 Å². The van der Waals surface area contributed by atoms with Crippen LogP contribution < -0.4 is 0 Å². The summed E-state index contributed by atoms with van der Waals surface area (Å²) in [5, 5.41) is 1.17. The van der Waals surface area contributed by atoms with Crippen LogP contribution >= 0.6 is 23.2 Å². The van der Waals surface area contributed by atoms with Crippen molar-refractivity contribution >= 4 is 70.8 Å². The van der Waals surface area contributed by atoms with E-state index in [4.69, 9.17) is 37.7 Å². The van der Waals surface area contributed by atoms with E-state index in [1.807, 2.05) is 114 Å². The maximum atomic E-state index is 12.5. The van der Waals surface area contributed by atoms with E-state index in [9.17, 15) is 19.2 Å². The number of hydrogen-bond donors (Lipinski definition) is 0. The summed E-state index contributed by atoms with van der Waals surface area (Å²) in [6, 6.07) is 18.8. The van der Waals surface area contributed by atoms with Crippen molar-refractivity contribution in [1.82, 2.24) is 29.6 Å². The Labute approximate surface area is 379 Å². The van der Waals surface area contributed by atoms with Crippen LogP contribution in [-0.2, 0) is 19.1 Å². The van der Waals surface area contributed by atoms with E-state index in [-0.39, 0.29) is 30.1 Å². The van der Waals surface area contributed by atoms with Crippen LogP contribution in [0.25, 0.3) is 23.3 Å². The fourth-order valence-corrected chi connectivity index (χ4v) is 8.80. The molecule has 4 heterocycles. The Balaban J connectivity index is 0.000000189. The van der Waals surface area contributed by atoms with Crippen molar-refractivity contribution in [3.63, 3.8) is 0 Å². The fraction of sp³-hybridized carbons (Fsp3) is 0.388. The first-order valence-electron chi connectivity index (χ1n) is 21.2. The SMILES string of the molecule is CC(=O)C1=Cc2cccnc2[C@@H](N2CCN(C(=O)OC(C)(C)C)CC2)c2ccc(Cl)cc21.CC(C)(C)OC(=O)N1CCN([C@H]2c3ccc(Cl)cc3C(C=O)=Cc3cccnc32)CC1. The molecule has 63 heavy (non-hydrogen) atoms. The lowest BCUT2D eigenvalue weighted by Crippen LogP contribution is -2.51. The fourth-order valence-electron chi connectivity index (χ4n) is 8.46. The van der Waals surface area contributed by atoms with Crippen molar-refractivity contribution in [2.75, 3.05) is 52.4 Å². The largest absolute Gasteiger partial charge is 0.444 e. The molecule has 0 N–H and O–H groups in total. The number of pyridine rings is 2. The molecule has 8 rings (SSSR count). The topological polar surface area (TPSA) is 125 Å². The van der Waals surface area contributed by atoms with Gasteiger partial charge in [0.2, 0.25) is 0 Å². The molecule has 12 nitrogen and oxygen atoms in total. The molecule has 4 aliphatic rings. The molecule has 0 saturated carbocycles. The monoisotopic (exact) mass is 892 g/mol. The average molecular weight is 894 g/mol. The second-order valence-electron chi connectivity index (χ2n) is 18.1. The summed E-state index contributed by atoms with van der Waals surface area (Å²) in [6.45, 7) is 17.7. The van der Waals surface area contributed by atoms with Crippen LogP contribution in [0.5, 0.6) is 0 Å². The Bertz CT molecular complexity index is 2460. The van der Waals surface area contributed by atoms with Gasteiger partial charge in [0, 0.05) is 85.9 Å². The van der Waals surface area contributed by atoms with Gasteiger partial charge >= 0.3 is 12.2 Å². The van der Waals surface area contributed by atoms with Crippen LogP contribution in [0.2, 0.25) is 10.0 Å². The minimum Gasteiger partial charge on any atom is -0.444 e. The zero-order valence-electron chi connectivity index (χ0n) is 36.9. The zero-order valence-corrected chi connectivity index (χ0v) is 38.4. The zero-order chi connectivity index (χ0) is 45.2.